The summed E-state index contributed by atoms with van der Waals surface area (Å²) >= 11 is 7.60. The molecule has 2 aromatic rings. The Morgan fingerprint density at radius 1 is 1.19 bits per heavy atom. The number of benzene rings is 1. The lowest BCUT2D eigenvalue weighted by molar-refractivity contribution is 0.900. The van der Waals surface area contributed by atoms with E-state index in [4.69, 9.17) is 11.6 Å². The monoisotopic (exact) mass is 250 g/mol. The molecule has 0 saturated carbocycles. The smallest absolute Gasteiger partial charge is 0.187 e. The second-order valence-corrected chi connectivity index (χ2v) is 5.39. The van der Waals surface area contributed by atoms with Crippen molar-refractivity contribution in [2.75, 3.05) is 5.32 Å². The van der Waals surface area contributed by atoms with Crippen LogP contribution in [0.5, 0.6) is 0 Å². The number of hydrogen-bond donors (Lipinski definition) is 1. The van der Waals surface area contributed by atoms with Gasteiger partial charge < -0.3 is 5.32 Å². The van der Waals surface area contributed by atoms with Gasteiger partial charge in [0.25, 0.3) is 0 Å². The van der Waals surface area contributed by atoms with Crippen molar-refractivity contribution in [3.05, 3.63) is 39.9 Å². The third kappa shape index (κ3) is 1.93. The number of rotatable bonds is 2. The molecule has 4 heteroatoms. The highest BCUT2D eigenvalue weighted by Gasteiger charge is 2.16. The Morgan fingerprint density at radius 2 is 2.00 bits per heavy atom. The van der Waals surface area contributed by atoms with Crippen molar-refractivity contribution in [3.8, 4) is 0 Å². The summed E-state index contributed by atoms with van der Waals surface area (Å²) in [6.07, 6.45) is 3.58. The second-order valence-electron chi connectivity index (χ2n) is 3.87. The Bertz CT molecular complexity index is 483. The standard InChI is InChI=1S/C12H11ClN2S/c13-8-4-6-9(7-5-8)14-12-15-10-2-1-3-11(10)16-12/h4-7H,1-3H2,(H,14,15). The molecule has 2 nitrogen and oxygen atoms in total. The Morgan fingerprint density at radius 3 is 2.75 bits per heavy atom. The first-order valence-corrected chi connectivity index (χ1v) is 6.52. The van der Waals surface area contributed by atoms with E-state index in [1.807, 2.05) is 24.3 Å². The number of nitrogens with zero attached hydrogens (tertiary/aromatic N) is 1. The lowest BCUT2D eigenvalue weighted by Crippen LogP contribution is -1.89. The molecule has 0 spiro atoms. The van der Waals surface area contributed by atoms with Crippen LogP contribution in [0, 0.1) is 0 Å². The minimum Gasteiger partial charge on any atom is -0.332 e. The van der Waals surface area contributed by atoms with Gasteiger partial charge in [0.15, 0.2) is 5.13 Å². The van der Waals surface area contributed by atoms with E-state index in [-0.39, 0.29) is 0 Å². The van der Waals surface area contributed by atoms with Gasteiger partial charge in [-0.05, 0) is 43.5 Å². The number of nitrogens with one attached hydrogen (secondary N) is 1. The minimum absolute atomic E-state index is 0.757. The minimum atomic E-state index is 0.757. The highest BCUT2D eigenvalue weighted by molar-refractivity contribution is 7.15. The van der Waals surface area contributed by atoms with E-state index < -0.39 is 0 Å². The van der Waals surface area contributed by atoms with Crippen molar-refractivity contribution >= 4 is 33.8 Å². The first-order chi connectivity index (χ1) is 7.81. The second kappa shape index (κ2) is 4.07. The molecule has 1 aromatic carbocycles. The molecular formula is C12H11ClN2S. The van der Waals surface area contributed by atoms with Crippen LogP contribution in [-0.2, 0) is 12.8 Å². The SMILES string of the molecule is Clc1ccc(Nc2nc3c(s2)CCC3)cc1. The summed E-state index contributed by atoms with van der Waals surface area (Å²) < 4.78 is 0. The van der Waals surface area contributed by atoms with Gasteiger partial charge >= 0.3 is 0 Å². The molecule has 0 unspecified atom stereocenters. The van der Waals surface area contributed by atoms with Crippen LogP contribution < -0.4 is 5.32 Å². The van der Waals surface area contributed by atoms with Crippen LogP contribution in [0.2, 0.25) is 5.02 Å². The van der Waals surface area contributed by atoms with Crippen LogP contribution in [0.3, 0.4) is 0 Å². The maximum absolute atomic E-state index is 5.83. The van der Waals surface area contributed by atoms with E-state index in [9.17, 15) is 0 Å². The number of aryl methyl sites for hydroxylation is 2. The zero-order chi connectivity index (χ0) is 11.0. The van der Waals surface area contributed by atoms with Gasteiger partial charge in [0.05, 0.1) is 5.69 Å². The lowest BCUT2D eigenvalue weighted by Gasteiger charge is -2.01. The number of hydrogen-bond acceptors (Lipinski definition) is 3. The average molecular weight is 251 g/mol. The van der Waals surface area contributed by atoms with Gasteiger partial charge in [0.1, 0.15) is 0 Å². The van der Waals surface area contributed by atoms with Gasteiger partial charge in [-0.3, -0.25) is 0 Å². The van der Waals surface area contributed by atoms with Gasteiger partial charge in [0.2, 0.25) is 0 Å². The largest absolute Gasteiger partial charge is 0.332 e. The number of thiazole rings is 1. The molecule has 0 saturated heterocycles. The van der Waals surface area contributed by atoms with Crippen LogP contribution in [0.1, 0.15) is 17.0 Å². The average Bonchev–Trinajstić information content (AvgIpc) is 2.81. The summed E-state index contributed by atoms with van der Waals surface area (Å²) in [4.78, 5) is 6.02. The maximum atomic E-state index is 5.83. The Kier molecular flexibility index (Phi) is 2.58. The predicted octanol–water partition coefficient (Wildman–Crippen LogP) is 4.03. The molecular weight excluding hydrogens is 240 g/mol. The summed E-state index contributed by atoms with van der Waals surface area (Å²) in [6, 6.07) is 7.69. The molecule has 1 aliphatic rings. The Balaban J connectivity index is 1.81. The summed E-state index contributed by atoms with van der Waals surface area (Å²) in [6.45, 7) is 0. The molecule has 0 fully saturated rings. The van der Waals surface area contributed by atoms with Crippen molar-refractivity contribution in [1.82, 2.24) is 4.98 Å². The van der Waals surface area contributed by atoms with Crippen LogP contribution >= 0.6 is 22.9 Å². The summed E-state index contributed by atoms with van der Waals surface area (Å²) in [5.41, 5.74) is 2.32. The van der Waals surface area contributed by atoms with Gasteiger partial charge in [-0.15, -0.1) is 11.3 Å². The van der Waals surface area contributed by atoms with E-state index in [0.717, 1.165) is 22.3 Å². The van der Waals surface area contributed by atoms with E-state index in [0.29, 0.717) is 0 Å². The fraction of sp³-hybridized carbons (Fsp3) is 0.250. The van der Waals surface area contributed by atoms with E-state index >= 15 is 0 Å². The molecule has 16 heavy (non-hydrogen) atoms. The van der Waals surface area contributed by atoms with Gasteiger partial charge in [-0.25, -0.2) is 4.98 Å². The molecule has 0 bridgehead atoms. The zero-order valence-electron chi connectivity index (χ0n) is 8.66. The van der Waals surface area contributed by atoms with Crippen LogP contribution in [0.4, 0.5) is 10.8 Å². The van der Waals surface area contributed by atoms with Gasteiger partial charge in [-0.1, -0.05) is 11.6 Å². The molecule has 0 amide bonds. The van der Waals surface area contributed by atoms with Crippen molar-refractivity contribution in [3.63, 3.8) is 0 Å². The Labute approximate surface area is 103 Å². The molecule has 0 radical (unpaired) electrons. The highest BCUT2D eigenvalue weighted by Crippen LogP contribution is 2.32. The first-order valence-electron chi connectivity index (χ1n) is 5.32. The summed E-state index contributed by atoms with van der Waals surface area (Å²) in [5, 5.41) is 5.06. The molecule has 0 aliphatic heterocycles. The molecule has 82 valence electrons. The normalized spacial score (nSPS) is 13.8. The summed E-state index contributed by atoms with van der Waals surface area (Å²) in [5.74, 6) is 0. The maximum Gasteiger partial charge on any atom is 0.187 e. The quantitative estimate of drug-likeness (QED) is 0.871. The van der Waals surface area contributed by atoms with Gasteiger partial charge in [-0.2, -0.15) is 0 Å². The van der Waals surface area contributed by atoms with Crippen molar-refractivity contribution in [1.29, 1.82) is 0 Å². The molecule has 3 rings (SSSR count). The fourth-order valence-electron chi connectivity index (χ4n) is 1.90. The predicted molar refractivity (Wildman–Crippen MR) is 68.9 cm³/mol. The van der Waals surface area contributed by atoms with E-state index in [1.165, 1.54) is 23.4 Å². The zero-order valence-corrected chi connectivity index (χ0v) is 10.2. The van der Waals surface area contributed by atoms with Crippen LogP contribution in [-0.4, -0.2) is 4.98 Å². The molecule has 0 atom stereocenters. The fourth-order valence-corrected chi connectivity index (χ4v) is 3.10. The van der Waals surface area contributed by atoms with Gasteiger partial charge in [0, 0.05) is 15.6 Å². The topological polar surface area (TPSA) is 24.9 Å². The Hall–Kier alpha value is -1.06. The molecule has 1 heterocycles. The lowest BCUT2D eigenvalue weighted by atomic mass is 10.3. The molecule has 1 N–H and O–H groups in total. The molecule has 1 aliphatic carbocycles. The summed E-state index contributed by atoms with van der Waals surface area (Å²) in [7, 11) is 0. The molecule has 1 aromatic heterocycles. The number of halogens is 1. The van der Waals surface area contributed by atoms with Crippen molar-refractivity contribution in [2.24, 2.45) is 0 Å². The third-order valence-corrected chi connectivity index (χ3v) is 4.02. The number of aromatic nitrogens is 1. The van der Waals surface area contributed by atoms with Crippen molar-refractivity contribution < 1.29 is 0 Å². The van der Waals surface area contributed by atoms with Crippen LogP contribution in [0.15, 0.2) is 24.3 Å². The van der Waals surface area contributed by atoms with E-state index in [1.54, 1.807) is 11.3 Å². The van der Waals surface area contributed by atoms with Crippen molar-refractivity contribution in [2.45, 2.75) is 19.3 Å². The first kappa shape index (κ1) is 10.1. The number of anilines is 2. The number of fused-ring (bicyclic) bond motifs is 1. The van der Waals surface area contributed by atoms with Crippen LogP contribution in [0.25, 0.3) is 0 Å². The van der Waals surface area contributed by atoms with E-state index in [2.05, 4.69) is 10.3 Å². The highest BCUT2D eigenvalue weighted by atomic mass is 35.5. The third-order valence-electron chi connectivity index (χ3n) is 2.69.